The molecule has 1 N–H and O–H groups in total. The van der Waals surface area contributed by atoms with Crippen molar-refractivity contribution in [1.82, 2.24) is 5.32 Å². The number of hydrogen-bond acceptors (Lipinski definition) is 4. The van der Waals surface area contributed by atoms with Gasteiger partial charge in [-0.1, -0.05) is 6.92 Å². The number of sulfone groups is 1. The fraction of sp³-hybridized carbons (Fsp3) is 1.00. The molecule has 0 heterocycles. The molecule has 0 bridgehead atoms. The predicted molar refractivity (Wildman–Crippen MR) is 69.4 cm³/mol. The molecule has 1 atom stereocenters. The second kappa shape index (κ2) is 7.52. The summed E-state index contributed by atoms with van der Waals surface area (Å²) in [7, 11) is -2.88. The molecule has 0 rings (SSSR count). The largest absolute Gasteiger partial charge is 0.312 e. The Morgan fingerprint density at radius 1 is 1.27 bits per heavy atom. The summed E-state index contributed by atoms with van der Waals surface area (Å²) in [5.41, 5.74) is 0. The van der Waals surface area contributed by atoms with E-state index >= 15 is 0 Å². The van der Waals surface area contributed by atoms with Crippen molar-refractivity contribution >= 4 is 21.6 Å². The lowest BCUT2D eigenvalue weighted by atomic mass is 10.4. The van der Waals surface area contributed by atoms with Gasteiger partial charge in [-0.15, -0.1) is 0 Å². The molecule has 5 heteroatoms. The van der Waals surface area contributed by atoms with Gasteiger partial charge in [-0.3, -0.25) is 0 Å². The first-order valence-corrected chi connectivity index (χ1v) is 8.29. The summed E-state index contributed by atoms with van der Waals surface area (Å²) in [4.78, 5) is 0. The Bertz CT molecular complexity index is 250. The molecule has 0 saturated heterocycles. The molecule has 0 radical (unpaired) electrons. The number of rotatable bonds is 8. The first-order chi connectivity index (χ1) is 6.90. The van der Waals surface area contributed by atoms with Crippen LogP contribution in [0.25, 0.3) is 0 Å². The molecule has 15 heavy (non-hydrogen) atoms. The zero-order chi connectivity index (χ0) is 11.9. The van der Waals surface area contributed by atoms with Gasteiger partial charge in [0.2, 0.25) is 0 Å². The molecule has 0 spiro atoms. The molecule has 92 valence electrons. The second-order valence-electron chi connectivity index (χ2n) is 3.93. The van der Waals surface area contributed by atoms with Crippen molar-refractivity contribution in [3.63, 3.8) is 0 Å². The van der Waals surface area contributed by atoms with E-state index in [1.54, 1.807) is 13.8 Å². The Hall–Kier alpha value is 0.260. The zero-order valence-corrected chi connectivity index (χ0v) is 11.7. The summed E-state index contributed by atoms with van der Waals surface area (Å²) in [5, 5.41) is 2.96. The Labute approximate surface area is 98.3 Å². The number of thioether (sulfide) groups is 1. The van der Waals surface area contributed by atoms with E-state index in [4.69, 9.17) is 0 Å². The topological polar surface area (TPSA) is 46.2 Å². The van der Waals surface area contributed by atoms with Gasteiger partial charge in [-0.25, -0.2) is 8.42 Å². The fourth-order valence-corrected chi connectivity index (χ4v) is 2.62. The van der Waals surface area contributed by atoms with Crippen LogP contribution in [0, 0.1) is 0 Å². The van der Waals surface area contributed by atoms with Gasteiger partial charge >= 0.3 is 0 Å². The van der Waals surface area contributed by atoms with E-state index in [2.05, 4.69) is 19.2 Å². The molecule has 0 amide bonds. The van der Waals surface area contributed by atoms with Gasteiger partial charge in [-0.2, -0.15) is 11.8 Å². The van der Waals surface area contributed by atoms with Crippen molar-refractivity contribution in [3.05, 3.63) is 0 Å². The average molecular weight is 253 g/mol. The van der Waals surface area contributed by atoms with Gasteiger partial charge in [0.15, 0.2) is 9.84 Å². The Morgan fingerprint density at radius 3 is 2.33 bits per heavy atom. The van der Waals surface area contributed by atoms with Crippen LogP contribution in [0.5, 0.6) is 0 Å². The highest BCUT2D eigenvalue weighted by Gasteiger charge is 2.15. The molecule has 0 aromatic carbocycles. The quantitative estimate of drug-likeness (QED) is 0.713. The van der Waals surface area contributed by atoms with Crippen molar-refractivity contribution in [2.24, 2.45) is 0 Å². The van der Waals surface area contributed by atoms with Crippen molar-refractivity contribution in [2.75, 3.05) is 23.8 Å². The standard InChI is InChI=1S/C10H23NO2S2/c1-5-14-8-10(4)11-6-7-15(12,13)9(2)3/h9-11H,5-8H2,1-4H3. The lowest BCUT2D eigenvalue weighted by Crippen LogP contribution is -2.34. The second-order valence-corrected chi connectivity index (χ2v) is 7.93. The van der Waals surface area contributed by atoms with Gasteiger partial charge in [0.05, 0.1) is 11.0 Å². The summed E-state index contributed by atoms with van der Waals surface area (Å²) in [6.45, 7) is 8.23. The molecule has 1 unspecified atom stereocenters. The Balaban J connectivity index is 3.70. The minimum Gasteiger partial charge on any atom is -0.312 e. The van der Waals surface area contributed by atoms with Gasteiger partial charge < -0.3 is 5.32 Å². The highest BCUT2D eigenvalue weighted by Crippen LogP contribution is 2.02. The third-order valence-electron chi connectivity index (χ3n) is 2.17. The molecule has 0 fully saturated rings. The SMILES string of the molecule is CCSCC(C)NCCS(=O)(=O)C(C)C. The van der Waals surface area contributed by atoms with E-state index < -0.39 is 9.84 Å². The summed E-state index contributed by atoms with van der Waals surface area (Å²) in [6, 6.07) is 0.386. The van der Waals surface area contributed by atoms with Crippen molar-refractivity contribution in [3.8, 4) is 0 Å². The van der Waals surface area contributed by atoms with Crippen LogP contribution in [0.3, 0.4) is 0 Å². The van der Waals surface area contributed by atoms with Gasteiger partial charge in [0.1, 0.15) is 0 Å². The molecule has 0 saturated carbocycles. The molecular weight excluding hydrogens is 230 g/mol. The van der Waals surface area contributed by atoms with Crippen LogP contribution >= 0.6 is 11.8 Å². The molecule has 3 nitrogen and oxygen atoms in total. The van der Waals surface area contributed by atoms with Gasteiger partial charge in [0, 0.05) is 18.3 Å². The van der Waals surface area contributed by atoms with E-state index in [1.807, 2.05) is 11.8 Å². The van der Waals surface area contributed by atoms with Crippen LogP contribution in [0.2, 0.25) is 0 Å². The molecular formula is C10H23NO2S2. The lowest BCUT2D eigenvalue weighted by Gasteiger charge is -2.13. The molecule has 0 aromatic rings. The van der Waals surface area contributed by atoms with Crippen LogP contribution in [0.1, 0.15) is 27.7 Å². The van der Waals surface area contributed by atoms with E-state index in [9.17, 15) is 8.42 Å². The average Bonchev–Trinajstić information content (AvgIpc) is 2.14. The molecule has 0 aromatic heterocycles. The van der Waals surface area contributed by atoms with Crippen molar-refractivity contribution in [2.45, 2.75) is 39.0 Å². The highest BCUT2D eigenvalue weighted by molar-refractivity contribution is 7.99. The lowest BCUT2D eigenvalue weighted by molar-refractivity contribution is 0.573. The maximum absolute atomic E-state index is 11.5. The molecule has 0 aliphatic rings. The first kappa shape index (κ1) is 15.3. The summed E-state index contributed by atoms with van der Waals surface area (Å²) >= 11 is 1.87. The van der Waals surface area contributed by atoms with Gasteiger partial charge in [-0.05, 0) is 26.5 Å². The van der Waals surface area contributed by atoms with Crippen LogP contribution in [-0.2, 0) is 9.84 Å². The molecule has 0 aliphatic carbocycles. The van der Waals surface area contributed by atoms with E-state index in [0.29, 0.717) is 12.6 Å². The number of nitrogens with one attached hydrogen (secondary N) is 1. The van der Waals surface area contributed by atoms with Crippen molar-refractivity contribution in [1.29, 1.82) is 0 Å². The fourth-order valence-electron chi connectivity index (χ4n) is 1.04. The summed E-state index contributed by atoms with van der Waals surface area (Å²) in [6.07, 6.45) is 0. The third-order valence-corrected chi connectivity index (χ3v) is 5.52. The molecule has 0 aliphatic heterocycles. The summed E-state index contributed by atoms with van der Waals surface area (Å²) < 4.78 is 23.0. The maximum atomic E-state index is 11.5. The van der Waals surface area contributed by atoms with E-state index in [0.717, 1.165) is 11.5 Å². The van der Waals surface area contributed by atoms with E-state index in [1.165, 1.54) is 0 Å². The maximum Gasteiger partial charge on any atom is 0.153 e. The smallest absolute Gasteiger partial charge is 0.153 e. The van der Waals surface area contributed by atoms with Crippen molar-refractivity contribution < 1.29 is 8.42 Å². The van der Waals surface area contributed by atoms with Crippen LogP contribution in [0.4, 0.5) is 0 Å². The van der Waals surface area contributed by atoms with Crippen LogP contribution < -0.4 is 5.32 Å². The summed E-state index contributed by atoms with van der Waals surface area (Å²) in [5.74, 6) is 2.39. The zero-order valence-electron chi connectivity index (χ0n) is 10.1. The highest BCUT2D eigenvalue weighted by atomic mass is 32.2. The first-order valence-electron chi connectivity index (χ1n) is 5.42. The van der Waals surface area contributed by atoms with E-state index in [-0.39, 0.29) is 11.0 Å². The normalized spacial score (nSPS) is 14.5. The minimum atomic E-state index is -2.88. The predicted octanol–water partition coefficient (Wildman–Crippen LogP) is 1.54. The monoisotopic (exact) mass is 253 g/mol. The van der Waals surface area contributed by atoms with Gasteiger partial charge in [0.25, 0.3) is 0 Å². The Morgan fingerprint density at radius 2 is 1.87 bits per heavy atom. The third kappa shape index (κ3) is 7.19. The minimum absolute atomic E-state index is 0.242. The number of hydrogen-bond donors (Lipinski definition) is 1. The van der Waals surface area contributed by atoms with Crippen LogP contribution in [0.15, 0.2) is 0 Å². The van der Waals surface area contributed by atoms with Crippen LogP contribution in [-0.4, -0.2) is 43.5 Å². The Kier molecular flexibility index (Phi) is 7.65.